The van der Waals surface area contributed by atoms with Gasteiger partial charge < -0.3 is 14.8 Å². The number of carbonyl (C=O) groups excluding carboxylic acids is 1. The van der Waals surface area contributed by atoms with Crippen LogP contribution in [0.2, 0.25) is 5.02 Å². The quantitative estimate of drug-likeness (QED) is 0.771. The number of amides is 1. The van der Waals surface area contributed by atoms with Crippen molar-refractivity contribution in [2.45, 2.75) is 18.9 Å². The molecular formula is C20H20ClNO3. The molecule has 2 aromatic carbocycles. The number of benzene rings is 2. The minimum atomic E-state index is -0.215. The highest BCUT2D eigenvalue weighted by Crippen LogP contribution is 2.19. The van der Waals surface area contributed by atoms with Crippen molar-refractivity contribution in [1.82, 2.24) is 0 Å². The van der Waals surface area contributed by atoms with Crippen LogP contribution in [0.3, 0.4) is 0 Å². The highest BCUT2D eigenvalue weighted by atomic mass is 35.5. The van der Waals surface area contributed by atoms with Gasteiger partial charge in [-0.15, -0.1) is 0 Å². The fourth-order valence-corrected chi connectivity index (χ4v) is 2.76. The summed E-state index contributed by atoms with van der Waals surface area (Å²) in [5.41, 5.74) is 1.51. The molecule has 1 amide bonds. The Morgan fingerprint density at radius 2 is 2.04 bits per heavy atom. The number of ether oxygens (including phenoxy) is 2. The van der Waals surface area contributed by atoms with Crippen LogP contribution in [0.25, 0.3) is 6.08 Å². The number of nitrogens with one attached hydrogen (secondary N) is 1. The second-order valence-electron chi connectivity index (χ2n) is 5.81. The predicted octanol–water partition coefficient (Wildman–Crippen LogP) is 4.55. The van der Waals surface area contributed by atoms with Gasteiger partial charge in [0.05, 0.1) is 6.10 Å². The molecule has 0 radical (unpaired) electrons. The molecular weight excluding hydrogens is 338 g/mol. The maximum Gasteiger partial charge on any atom is 0.248 e. The van der Waals surface area contributed by atoms with Crippen molar-refractivity contribution < 1.29 is 14.3 Å². The van der Waals surface area contributed by atoms with Gasteiger partial charge in [-0.25, -0.2) is 0 Å². The SMILES string of the molecule is O=C(/C=C/c1ccccc1Cl)Nc1ccc(OC[C@H]2CCCO2)cc1. The third-order valence-electron chi connectivity index (χ3n) is 3.90. The van der Waals surface area contributed by atoms with Gasteiger partial charge in [-0.2, -0.15) is 0 Å². The third kappa shape index (κ3) is 5.34. The Morgan fingerprint density at radius 1 is 1.24 bits per heavy atom. The summed E-state index contributed by atoms with van der Waals surface area (Å²) >= 11 is 6.06. The smallest absolute Gasteiger partial charge is 0.248 e. The van der Waals surface area contributed by atoms with Gasteiger partial charge in [-0.1, -0.05) is 29.8 Å². The first-order valence-electron chi connectivity index (χ1n) is 8.29. The lowest BCUT2D eigenvalue weighted by Crippen LogP contribution is -2.16. The third-order valence-corrected chi connectivity index (χ3v) is 4.25. The molecule has 4 nitrogen and oxygen atoms in total. The molecule has 25 heavy (non-hydrogen) atoms. The number of halogens is 1. The molecule has 0 aromatic heterocycles. The Morgan fingerprint density at radius 3 is 2.76 bits per heavy atom. The highest BCUT2D eigenvalue weighted by Gasteiger charge is 2.15. The lowest BCUT2D eigenvalue weighted by Gasteiger charge is -2.11. The van der Waals surface area contributed by atoms with E-state index in [0.29, 0.717) is 17.3 Å². The molecule has 2 aromatic rings. The van der Waals surface area contributed by atoms with Crippen molar-refractivity contribution in [1.29, 1.82) is 0 Å². The Balaban J connectivity index is 1.50. The van der Waals surface area contributed by atoms with Gasteiger partial charge in [0, 0.05) is 23.4 Å². The fourth-order valence-electron chi connectivity index (χ4n) is 2.56. The van der Waals surface area contributed by atoms with Crippen LogP contribution < -0.4 is 10.1 Å². The van der Waals surface area contributed by atoms with E-state index in [1.165, 1.54) is 6.08 Å². The van der Waals surface area contributed by atoms with Crippen LogP contribution in [0, 0.1) is 0 Å². The van der Waals surface area contributed by atoms with Crippen LogP contribution >= 0.6 is 11.6 Å². The minimum absolute atomic E-state index is 0.189. The van der Waals surface area contributed by atoms with Crippen molar-refractivity contribution in [3.8, 4) is 5.75 Å². The van der Waals surface area contributed by atoms with E-state index in [4.69, 9.17) is 21.1 Å². The van der Waals surface area contributed by atoms with Crippen molar-refractivity contribution in [3.05, 3.63) is 65.2 Å². The first-order valence-corrected chi connectivity index (χ1v) is 8.66. The summed E-state index contributed by atoms with van der Waals surface area (Å²) in [6, 6.07) is 14.7. The molecule has 1 heterocycles. The number of anilines is 1. The van der Waals surface area contributed by atoms with E-state index in [1.54, 1.807) is 12.1 Å². The molecule has 130 valence electrons. The molecule has 0 saturated carbocycles. The molecule has 1 fully saturated rings. The van der Waals surface area contributed by atoms with E-state index in [-0.39, 0.29) is 12.0 Å². The second kappa shape index (κ2) is 8.70. The Labute approximate surface area is 152 Å². The predicted molar refractivity (Wildman–Crippen MR) is 100 cm³/mol. The molecule has 1 saturated heterocycles. The average Bonchev–Trinajstić information content (AvgIpc) is 3.14. The van der Waals surface area contributed by atoms with Crippen LogP contribution in [-0.4, -0.2) is 25.2 Å². The van der Waals surface area contributed by atoms with E-state index in [0.717, 1.165) is 30.8 Å². The van der Waals surface area contributed by atoms with Crippen molar-refractivity contribution >= 4 is 29.3 Å². The molecule has 1 aliphatic heterocycles. The number of hydrogen-bond donors (Lipinski definition) is 1. The standard InChI is InChI=1S/C20H20ClNO3/c21-19-6-2-1-4-15(19)7-12-20(23)22-16-8-10-17(11-9-16)25-14-18-5-3-13-24-18/h1-2,4,6-12,18H,3,5,13-14H2,(H,22,23)/b12-7+/t18-/m1/s1. The normalized spacial score (nSPS) is 16.9. The summed E-state index contributed by atoms with van der Waals surface area (Å²) in [6.07, 6.45) is 5.49. The number of rotatable bonds is 6. The fraction of sp³-hybridized carbons (Fsp3) is 0.250. The van der Waals surface area contributed by atoms with E-state index in [9.17, 15) is 4.79 Å². The number of carbonyl (C=O) groups is 1. The first kappa shape index (κ1) is 17.5. The first-order chi connectivity index (χ1) is 12.2. The van der Waals surface area contributed by atoms with E-state index in [2.05, 4.69) is 5.32 Å². The topological polar surface area (TPSA) is 47.6 Å². The van der Waals surface area contributed by atoms with E-state index >= 15 is 0 Å². The van der Waals surface area contributed by atoms with Crippen molar-refractivity contribution in [2.24, 2.45) is 0 Å². The highest BCUT2D eigenvalue weighted by molar-refractivity contribution is 6.32. The molecule has 1 atom stereocenters. The van der Waals surface area contributed by atoms with Crippen LogP contribution in [0.5, 0.6) is 5.75 Å². The Hall–Kier alpha value is -2.30. The molecule has 0 aliphatic carbocycles. The lowest BCUT2D eigenvalue weighted by atomic mass is 10.2. The maximum absolute atomic E-state index is 12.0. The van der Waals surface area contributed by atoms with Gasteiger partial charge in [0.15, 0.2) is 0 Å². The zero-order valence-electron chi connectivity index (χ0n) is 13.8. The summed E-state index contributed by atoms with van der Waals surface area (Å²) in [5, 5.41) is 3.42. The molecule has 0 unspecified atom stereocenters. The maximum atomic E-state index is 12.0. The van der Waals surface area contributed by atoms with Gasteiger partial charge in [-0.3, -0.25) is 4.79 Å². The van der Waals surface area contributed by atoms with Gasteiger partial charge in [0.1, 0.15) is 12.4 Å². The van der Waals surface area contributed by atoms with E-state index < -0.39 is 0 Å². The van der Waals surface area contributed by atoms with Crippen LogP contribution in [0.4, 0.5) is 5.69 Å². The van der Waals surface area contributed by atoms with Gasteiger partial charge in [0.2, 0.25) is 5.91 Å². The molecule has 0 spiro atoms. The van der Waals surface area contributed by atoms with E-state index in [1.807, 2.05) is 42.5 Å². The van der Waals surface area contributed by atoms with Gasteiger partial charge in [0.25, 0.3) is 0 Å². The van der Waals surface area contributed by atoms with Crippen molar-refractivity contribution in [3.63, 3.8) is 0 Å². The summed E-state index contributed by atoms with van der Waals surface area (Å²) in [7, 11) is 0. The monoisotopic (exact) mass is 357 g/mol. The summed E-state index contributed by atoms with van der Waals surface area (Å²) in [6.45, 7) is 1.38. The Kier molecular flexibility index (Phi) is 6.09. The molecule has 0 bridgehead atoms. The molecule has 3 rings (SSSR count). The summed E-state index contributed by atoms with van der Waals surface area (Å²) in [4.78, 5) is 12.0. The largest absolute Gasteiger partial charge is 0.491 e. The molecule has 1 aliphatic rings. The Bertz CT molecular complexity index is 737. The zero-order valence-corrected chi connectivity index (χ0v) is 14.5. The zero-order chi connectivity index (χ0) is 17.5. The number of hydrogen-bond acceptors (Lipinski definition) is 3. The lowest BCUT2D eigenvalue weighted by molar-refractivity contribution is -0.111. The minimum Gasteiger partial charge on any atom is -0.491 e. The second-order valence-corrected chi connectivity index (χ2v) is 6.22. The molecule has 5 heteroatoms. The average molecular weight is 358 g/mol. The van der Waals surface area contributed by atoms with Crippen LogP contribution in [0.1, 0.15) is 18.4 Å². The van der Waals surface area contributed by atoms with Gasteiger partial charge >= 0.3 is 0 Å². The summed E-state index contributed by atoms with van der Waals surface area (Å²) < 4.78 is 11.2. The summed E-state index contributed by atoms with van der Waals surface area (Å²) in [5.74, 6) is 0.549. The van der Waals surface area contributed by atoms with Crippen molar-refractivity contribution in [2.75, 3.05) is 18.5 Å². The van der Waals surface area contributed by atoms with Gasteiger partial charge in [-0.05, 0) is 54.8 Å². The molecule has 1 N–H and O–H groups in total. The van der Waals surface area contributed by atoms with Crippen LogP contribution in [0.15, 0.2) is 54.6 Å². The van der Waals surface area contributed by atoms with Crippen LogP contribution in [-0.2, 0) is 9.53 Å².